The van der Waals surface area contributed by atoms with Gasteiger partial charge in [-0.15, -0.1) is 11.6 Å². The third kappa shape index (κ3) is 4.04. The number of rotatable bonds is 5. The van der Waals surface area contributed by atoms with Gasteiger partial charge in [-0.1, -0.05) is 6.92 Å². The first kappa shape index (κ1) is 15.5. The topological polar surface area (TPSA) is 49.9 Å². The maximum absolute atomic E-state index is 12.3. The van der Waals surface area contributed by atoms with Crippen LogP contribution >= 0.6 is 11.6 Å². The molecule has 19 heavy (non-hydrogen) atoms. The predicted octanol–water partition coefficient (Wildman–Crippen LogP) is 0.598. The second-order valence-corrected chi connectivity index (χ2v) is 7.81. The van der Waals surface area contributed by atoms with Crippen molar-refractivity contribution in [3.63, 3.8) is 0 Å². The van der Waals surface area contributed by atoms with Crippen LogP contribution in [0.25, 0.3) is 0 Å². The van der Waals surface area contributed by atoms with E-state index in [-0.39, 0.29) is 11.7 Å². The van der Waals surface area contributed by atoms with Gasteiger partial charge in [0.1, 0.15) is 0 Å². The highest BCUT2D eigenvalue weighted by Crippen LogP contribution is 2.21. The number of halogens is 1. The molecule has 0 aliphatic carbocycles. The Labute approximate surface area is 120 Å². The van der Waals surface area contributed by atoms with Crippen molar-refractivity contribution in [2.75, 3.05) is 51.0 Å². The van der Waals surface area contributed by atoms with Gasteiger partial charge in [-0.05, 0) is 12.3 Å². The third-order valence-electron chi connectivity index (χ3n) is 3.84. The molecule has 2 saturated heterocycles. The zero-order valence-corrected chi connectivity index (χ0v) is 13.0. The lowest BCUT2D eigenvalue weighted by Gasteiger charge is -2.32. The van der Waals surface area contributed by atoms with E-state index in [9.17, 15) is 8.42 Å². The van der Waals surface area contributed by atoms with Crippen LogP contribution in [-0.4, -0.2) is 74.7 Å². The van der Waals surface area contributed by atoms with E-state index >= 15 is 0 Å². The van der Waals surface area contributed by atoms with Crippen molar-refractivity contribution in [1.82, 2.24) is 9.21 Å². The number of alkyl halides is 1. The average molecular weight is 311 g/mol. The summed E-state index contributed by atoms with van der Waals surface area (Å²) in [5.74, 6) is 0.556. The summed E-state index contributed by atoms with van der Waals surface area (Å²) in [7, 11) is -3.15. The lowest BCUT2D eigenvalue weighted by molar-refractivity contribution is 0.0197. The van der Waals surface area contributed by atoms with E-state index in [0.29, 0.717) is 25.0 Å². The summed E-state index contributed by atoms with van der Waals surface area (Å²) in [6.45, 7) is 6.48. The van der Waals surface area contributed by atoms with Crippen LogP contribution in [0.3, 0.4) is 0 Å². The lowest BCUT2D eigenvalue weighted by atomic mass is 10.2. The molecule has 0 bridgehead atoms. The van der Waals surface area contributed by atoms with E-state index in [1.54, 1.807) is 4.31 Å². The molecule has 2 aliphatic rings. The quantitative estimate of drug-likeness (QED) is 0.698. The van der Waals surface area contributed by atoms with Crippen molar-refractivity contribution in [2.45, 2.75) is 19.4 Å². The number of sulfonamides is 1. The molecule has 0 aromatic rings. The van der Waals surface area contributed by atoms with Crippen LogP contribution in [0, 0.1) is 5.92 Å². The van der Waals surface area contributed by atoms with Gasteiger partial charge in [0.15, 0.2) is 0 Å². The highest BCUT2D eigenvalue weighted by molar-refractivity contribution is 7.89. The van der Waals surface area contributed by atoms with Gasteiger partial charge in [0.2, 0.25) is 10.0 Å². The Morgan fingerprint density at radius 3 is 2.63 bits per heavy atom. The molecule has 2 unspecified atom stereocenters. The highest BCUT2D eigenvalue weighted by Gasteiger charge is 2.35. The molecule has 0 saturated carbocycles. The van der Waals surface area contributed by atoms with Gasteiger partial charge in [0.25, 0.3) is 0 Å². The fraction of sp³-hybridized carbons (Fsp3) is 1.00. The molecule has 0 N–H and O–H groups in total. The van der Waals surface area contributed by atoms with Crippen molar-refractivity contribution in [1.29, 1.82) is 0 Å². The van der Waals surface area contributed by atoms with Crippen LogP contribution in [0.5, 0.6) is 0 Å². The van der Waals surface area contributed by atoms with E-state index in [2.05, 4.69) is 4.90 Å². The molecule has 0 aromatic heterocycles. The zero-order valence-electron chi connectivity index (χ0n) is 11.4. The molecule has 0 spiro atoms. The monoisotopic (exact) mass is 310 g/mol. The van der Waals surface area contributed by atoms with Crippen LogP contribution in [-0.2, 0) is 14.8 Å². The maximum Gasteiger partial charge on any atom is 0.214 e. The SMILES string of the molecule is CC(CCl)CS(=O)(=O)N1CCC(N2CCOCC2)C1. The Balaban J connectivity index is 1.90. The summed E-state index contributed by atoms with van der Waals surface area (Å²) in [5, 5.41) is 0. The highest BCUT2D eigenvalue weighted by atomic mass is 35.5. The molecular weight excluding hydrogens is 288 g/mol. The summed E-state index contributed by atoms with van der Waals surface area (Å²) >= 11 is 5.71. The van der Waals surface area contributed by atoms with Crippen molar-refractivity contribution >= 4 is 21.6 Å². The van der Waals surface area contributed by atoms with Crippen molar-refractivity contribution in [3.8, 4) is 0 Å². The molecule has 0 radical (unpaired) electrons. The van der Waals surface area contributed by atoms with Gasteiger partial charge in [-0.25, -0.2) is 12.7 Å². The van der Waals surface area contributed by atoms with Gasteiger partial charge < -0.3 is 4.74 Å². The molecule has 2 fully saturated rings. The summed E-state index contributed by atoms with van der Waals surface area (Å²) in [6, 6.07) is 0.352. The molecule has 7 heteroatoms. The molecule has 2 atom stereocenters. The molecule has 5 nitrogen and oxygen atoms in total. The van der Waals surface area contributed by atoms with Gasteiger partial charge in [-0.2, -0.15) is 0 Å². The van der Waals surface area contributed by atoms with Crippen molar-refractivity contribution in [2.24, 2.45) is 5.92 Å². The van der Waals surface area contributed by atoms with Gasteiger partial charge in [-0.3, -0.25) is 4.90 Å². The molecule has 112 valence electrons. The smallest absolute Gasteiger partial charge is 0.214 e. The first-order chi connectivity index (χ1) is 9.03. The van der Waals surface area contributed by atoms with Crippen molar-refractivity contribution in [3.05, 3.63) is 0 Å². The Morgan fingerprint density at radius 1 is 1.32 bits per heavy atom. The normalized spacial score (nSPS) is 28.6. The molecule has 0 aromatic carbocycles. The Kier molecular flexibility index (Phi) is 5.48. The molecule has 0 amide bonds. The fourth-order valence-electron chi connectivity index (χ4n) is 2.71. The number of nitrogens with zero attached hydrogens (tertiary/aromatic N) is 2. The van der Waals surface area contributed by atoms with Gasteiger partial charge >= 0.3 is 0 Å². The van der Waals surface area contributed by atoms with E-state index < -0.39 is 10.0 Å². The van der Waals surface area contributed by atoms with Gasteiger partial charge in [0.05, 0.1) is 19.0 Å². The molecule has 2 aliphatic heterocycles. The maximum atomic E-state index is 12.3. The molecule has 2 heterocycles. The number of hydrogen-bond acceptors (Lipinski definition) is 4. The fourth-order valence-corrected chi connectivity index (χ4v) is 4.78. The van der Waals surface area contributed by atoms with Crippen LogP contribution in [0.2, 0.25) is 0 Å². The Bertz CT molecular complexity index is 384. The molecule has 2 rings (SSSR count). The third-order valence-corrected chi connectivity index (χ3v) is 6.48. The van der Waals surface area contributed by atoms with E-state index in [1.807, 2.05) is 6.92 Å². The van der Waals surface area contributed by atoms with Crippen LogP contribution in [0.1, 0.15) is 13.3 Å². The summed E-state index contributed by atoms with van der Waals surface area (Å²) in [6.07, 6.45) is 0.925. The summed E-state index contributed by atoms with van der Waals surface area (Å²) < 4.78 is 31.5. The van der Waals surface area contributed by atoms with Crippen LogP contribution < -0.4 is 0 Å². The van der Waals surface area contributed by atoms with Gasteiger partial charge in [0, 0.05) is 38.1 Å². The largest absolute Gasteiger partial charge is 0.379 e. The van der Waals surface area contributed by atoms with E-state index in [1.165, 1.54) is 0 Å². The number of hydrogen-bond donors (Lipinski definition) is 0. The van der Waals surface area contributed by atoms with Crippen molar-refractivity contribution < 1.29 is 13.2 Å². The lowest BCUT2D eigenvalue weighted by Crippen LogP contribution is -2.45. The standard InChI is InChI=1S/C12H23ClN2O3S/c1-11(8-13)10-19(16,17)15-3-2-12(9-15)14-4-6-18-7-5-14/h11-12H,2-10H2,1H3. The number of morpholine rings is 1. The Morgan fingerprint density at radius 2 is 2.00 bits per heavy atom. The second kappa shape index (κ2) is 6.72. The first-order valence-electron chi connectivity index (χ1n) is 6.88. The van der Waals surface area contributed by atoms with Crippen LogP contribution in [0.15, 0.2) is 0 Å². The average Bonchev–Trinajstić information content (AvgIpc) is 2.89. The van der Waals surface area contributed by atoms with E-state index in [4.69, 9.17) is 16.3 Å². The molecular formula is C12H23ClN2O3S. The first-order valence-corrected chi connectivity index (χ1v) is 9.03. The predicted molar refractivity (Wildman–Crippen MR) is 76.0 cm³/mol. The zero-order chi connectivity index (χ0) is 13.9. The minimum absolute atomic E-state index is 0.00843. The Hall–Kier alpha value is 0.120. The number of ether oxygens (including phenoxy) is 1. The summed E-state index contributed by atoms with van der Waals surface area (Å²) in [5.41, 5.74) is 0. The second-order valence-electron chi connectivity index (χ2n) is 5.49. The van der Waals surface area contributed by atoms with Crippen LogP contribution in [0.4, 0.5) is 0 Å². The minimum Gasteiger partial charge on any atom is -0.379 e. The summed E-state index contributed by atoms with van der Waals surface area (Å²) in [4.78, 5) is 2.35. The minimum atomic E-state index is -3.15. The van der Waals surface area contributed by atoms with E-state index in [0.717, 1.165) is 32.7 Å².